The molecule has 0 N–H and O–H groups in total. The molecule has 0 aromatic carbocycles. The molecule has 1 aliphatic heterocycles. The highest BCUT2D eigenvalue weighted by atomic mass is 15.3. The summed E-state index contributed by atoms with van der Waals surface area (Å²) in [5, 5.41) is 0. The Bertz CT molecular complexity index is 299. The van der Waals surface area contributed by atoms with E-state index in [2.05, 4.69) is 46.4 Å². The van der Waals surface area contributed by atoms with Gasteiger partial charge in [-0.15, -0.1) is 0 Å². The molecule has 0 radical (unpaired) electrons. The molecular weight excluding hydrogens is 230 g/mol. The summed E-state index contributed by atoms with van der Waals surface area (Å²) in [6.45, 7) is 14.6. The first-order valence-corrected chi connectivity index (χ1v) is 8.56. The molecule has 1 nitrogen and oxygen atoms in total. The zero-order valence-corrected chi connectivity index (χ0v) is 14.1. The van der Waals surface area contributed by atoms with Crippen molar-refractivity contribution in [1.29, 1.82) is 0 Å². The third kappa shape index (κ3) is 3.01. The molecule has 3 atom stereocenters. The van der Waals surface area contributed by atoms with Crippen molar-refractivity contribution in [1.82, 2.24) is 4.90 Å². The smallest absolute Gasteiger partial charge is 0.0158 e. The van der Waals surface area contributed by atoms with Crippen LogP contribution in [0.25, 0.3) is 0 Å². The highest BCUT2D eigenvalue weighted by molar-refractivity contribution is 5.04. The minimum absolute atomic E-state index is 0.326. The summed E-state index contributed by atoms with van der Waals surface area (Å²) in [6, 6.07) is 1.66. The van der Waals surface area contributed by atoms with Crippen molar-refractivity contribution in [3.8, 4) is 0 Å². The summed E-state index contributed by atoms with van der Waals surface area (Å²) in [6.07, 6.45) is 9.99. The van der Waals surface area contributed by atoms with Gasteiger partial charge in [0.1, 0.15) is 0 Å². The number of fused-ring (bicyclic) bond motifs is 1. The second kappa shape index (κ2) is 5.39. The molecule has 0 amide bonds. The van der Waals surface area contributed by atoms with Crippen LogP contribution in [0.5, 0.6) is 0 Å². The lowest BCUT2D eigenvalue weighted by Crippen LogP contribution is -2.54. The van der Waals surface area contributed by atoms with Crippen LogP contribution >= 0.6 is 0 Å². The standard InChI is InChI=1S/C18H35N/c1-7-12-18(5,6)16-13-14-10-8-9-11-15(14)19(16)17(2,3)4/h14-16H,7-13H2,1-6H3. The highest BCUT2D eigenvalue weighted by Gasteiger charge is 2.50. The first-order chi connectivity index (χ1) is 8.77. The predicted molar refractivity (Wildman–Crippen MR) is 84.4 cm³/mol. The Morgan fingerprint density at radius 1 is 1.00 bits per heavy atom. The summed E-state index contributed by atoms with van der Waals surface area (Å²) < 4.78 is 0. The van der Waals surface area contributed by atoms with Crippen LogP contribution in [0.15, 0.2) is 0 Å². The lowest BCUT2D eigenvalue weighted by Gasteiger charge is -2.48. The van der Waals surface area contributed by atoms with Gasteiger partial charge in [-0.2, -0.15) is 0 Å². The largest absolute Gasteiger partial charge is 0.292 e. The van der Waals surface area contributed by atoms with E-state index in [9.17, 15) is 0 Å². The monoisotopic (exact) mass is 265 g/mol. The van der Waals surface area contributed by atoms with E-state index in [1.54, 1.807) is 0 Å². The van der Waals surface area contributed by atoms with E-state index >= 15 is 0 Å². The van der Waals surface area contributed by atoms with Crippen molar-refractivity contribution >= 4 is 0 Å². The number of rotatable bonds is 3. The molecule has 1 saturated heterocycles. The Hall–Kier alpha value is -0.0400. The van der Waals surface area contributed by atoms with Gasteiger partial charge in [-0.05, 0) is 57.8 Å². The van der Waals surface area contributed by atoms with Crippen LogP contribution < -0.4 is 0 Å². The van der Waals surface area contributed by atoms with Crippen LogP contribution in [-0.4, -0.2) is 22.5 Å². The van der Waals surface area contributed by atoms with E-state index in [1.165, 1.54) is 44.9 Å². The van der Waals surface area contributed by atoms with Gasteiger partial charge in [-0.3, -0.25) is 4.90 Å². The molecular formula is C18H35N. The normalized spacial score (nSPS) is 33.5. The van der Waals surface area contributed by atoms with Crippen molar-refractivity contribution in [2.75, 3.05) is 0 Å². The number of hydrogen-bond acceptors (Lipinski definition) is 1. The third-order valence-electron chi connectivity index (χ3n) is 5.66. The molecule has 0 aromatic heterocycles. The van der Waals surface area contributed by atoms with Crippen LogP contribution in [-0.2, 0) is 0 Å². The van der Waals surface area contributed by atoms with Gasteiger partial charge in [0.05, 0.1) is 0 Å². The highest BCUT2D eigenvalue weighted by Crippen LogP contribution is 2.49. The van der Waals surface area contributed by atoms with Crippen molar-refractivity contribution in [2.45, 2.75) is 104 Å². The molecule has 2 aliphatic rings. The van der Waals surface area contributed by atoms with Gasteiger partial charge in [-0.1, -0.05) is 40.0 Å². The van der Waals surface area contributed by atoms with Crippen LogP contribution in [0.2, 0.25) is 0 Å². The minimum Gasteiger partial charge on any atom is -0.292 e. The van der Waals surface area contributed by atoms with Gasteiger partial charge in [0, 0.05) is 17.6 Å². The lowest BCUT2D eigenvalue weighted by atomic mass is 9.76. The number of likely N-dealkylation sites (tertiary alicyclic amines) is 1. The maximum Gasteiger partial charge on any atom is 0.0158 e. The van der Waals surface area contributed by atoms with Crippen molar-refractivity contribution < 1.29 is 0 Å². The fourth-order valence-electron chi connectivity index (χ4n) is 4.93. The molecule has 0 spiro atoms. The van der Waals surface area contributed by atoms with Gasteiger partial charge >= 0.3 is 0 Å². The van der Waals surface area contributed by atoms with Gasteiger partial charge < -0.3 is 0 Å². The average Bonchev–Trinajstić information content (AvgIpc) is 2.68. The van der Waals surface area contributed by atoms with E-state index in [1.807, 2.05) is 0 Å². The van der Waals surface area contributed by atoms with Crippen LogP contribution in [0.4, 0.5) is 0 Å². The molecule has 1 aliphatic carbocycles. The SMILES string of the molecule is CCCC(C)(C)C1CC2CCCCC2N1C(C)(C)C. The van der Waals surface area contributed by atoms with Gasteiger partial charge in [-0.25, -0.2) is 0 Å². The number of nitrogens with zero attached hydrogens (tertiary/aromatic N) is 1. The quantitative estimate of drug-likeness (QED) is 0.674. The van der Waals surface area contributed by atoms with E-state index in [-0.39, 0.29) is 0 Å². The summed E-state index contributed by atoms with van der Waals surface area (Å²) in [5.41, 5.74) is 0.797. The van der Waals surface area contributed by atoms with Crippen LogP contribution in [0.1, 0.15) is 86.5 Å². The Morgan fingerprint density at radius 2 is 1.63 bits per heavy atom. The molecule has 2 fully saturated rings. The molecule has 0 aromatic rings. The van der Waals surface area contributed by atoms with Gasteiger partial charge in [0.25, 0.3) is 0 Å². The molecule has 1 heteroatoms. The Morgan fingerprint density at radius 3 is 2.21 bits per heavy atom. The maximum absolute atomic E-state index is 2.92. The summed E-state index contributed by atoms with van der Waals surface area (Å²) in [4.78, 5) is 2.92. The first-order valence-electron chi connectivity index (χ1n) is 8.56. The zero-order valence-electron chi connectivity index (χ0n) is 14.1. The van der Waals surface area contributed by atoms with E-state index < -0.39 is 0 Å². The van der Waals surface area contributed by atoms with Crippen molar-refractivity contribution in [2.24, 2.45) is 11.3 Å². The van der Waals surface area contributed by atoms with E-state index in [0.29, 0.717) is 11.0 Å². The molecule has 0 bridgehead atoms. The lowest BCUT2D eigenvalue weighted by molar-refractivity contribution is 0.00507. The van der Waals surface area contributed by atoms with E-state index in [4.69, 9.17) is 0 Å². The van der Waals surface area contributed by atoms with Gasteiger partial charge in [0.2, 0.25) is 0 Å². The average molecular weight is 265 g/mol. The van der Waals surface area contributed by atoms with Crippen LogP contribution in [0, 0.1) is 11.3 Å². The van der Waals surface area contributed by atoms with Crippen LogP contribution in [0.3, 0.4) is 0 Å². The minimum atomic E-state index is 0.326. The van der Waals surface area contributed by atoms with Gasteiger partial charge in [0.15, 0.2) is 0 Å². The topological polar surface area (TPSA) is 3.24 Å². The molecule has 112 valence electrons. The molecule has 1 heterocycles. The molecule has 2 rings (SSSR count). The second-order valence-electron chi connectivity index (χ2n) is 8.68. The van der Waals surface area contributed by atoms with Crippen molar-refractivity contribution in [3.63, 3.8) is 0 Å². The summed E-state index contributed by atoms with van der Waals surface area (Å²) in [7, 11) is 0. The molecule has 19 heavy (non-hydrogen) atoms. The fourth-order valence-corrected chi connectivity index (χ4v) is 4.93. The predicted octanol–water partition coefficient (Wildman–Crippen LogP) is 5.24. The summed E-state index contributed by atoms with van der Waals surface area (Å²) in [5.74, 6) is 0.981. The molecule has 3 unspecified atom stereocenters. The Labute approximate surface area is 121 Å². The second-order valence-corrected chi connectivity index (χ2v) is 8.68. The fraction of sp³-hybridized carbons (Fsp3) is 1.00. The first kappa shape index (κ1) is 15.4. The Kier molecular flexibility index (Phi) is 4.35. The summed E-state index contributed by atoms with van der Waals surface area (Å²) >= 11 is 0. The Balaban J connectivity index is 2.26. The third-order valence-corrected chi connectivity index (χ3v) is 5.66. The molecule has 1 saturated carbocycles. The van der Waals surface area contributed by atoms with E-state index in [0.717, 1.165) is 18.0 Å². The van der Waals surface area contributed by atoms with Crippen molar-refractivity contribution in [3.05, 3.63) is 0 Å². The number of hydrogen-bond donors (Lipinski definition) is 0. The zero-order chi connectivity index (χ0) is 14.3. The maximum atomic E-state index is 2.92.